The van der Waals surface area contributed by atoms with Gasteiger partial charge in [0.15, 0.2) is 6.40 Å². The van der Waals surface area contributed by atoms with E-state index in [1.165, 1.54) is 29.4 Å². The van der Waals surface area contributed by atoms with E-state index in [-0.39, 0.29) is 0 Å². The van der Waals surface area contributed by atoms with Crippen molar-refractivity contribution >= 4 is 36.1 Å². The molecule has 0 aliphatic heterocycles. The predicted octanol–water partition coefficient (Wildman–Crippen LogP) is 5.02. The molecule has 0 unspecified atom stereocenters. The molecule has 3 nitrogen and oxygen atoms in total. The SMILES string of the molecule is C=C(Sc1ccc(C)cc1)C(=O)N=COSCc1ccccc1. The summed E-state index contributed by atoms with van der Waals surface area (Å²) < 4.78 is 5.18. The third kappa shape index (κ3) is 6.34. The van der Waals surface area contributed by atoms with Gasteiger partial charge in [0.2, 0.25) is 0 Å². The first kappa shape index (κ1) is 17.4. The summed E-state index contributed by atoms with van der Waals surface area (Å²) in [6.07, 6.45) is 1.16. The van der Waals surface area contributed by atoms with Crippen molar-refractivity contribution in [1.29, 1.82) is 0 Å². The monoisotopic (exact) mass is 343 g/mol. The number of carbonyl (C=O) groups is 1. The van der Waals surface area contributed by atoms with E-state index in [1.807, 2.05) is 61.5 Å². The minimum absolute atomic E-state index is 0.363. The molecule has 0 aromatic heterocycles. The molecular formula is C18H17NO2S2. The lowest BCUT2D eigenvalue weighted by molar-refractivity contribution is -0.113. The van der Waals surface area contributed by atoms with Gasteiger partial charge in [0.25, 0.3) is 5.91 Å². The average Bonchev–Trinajstić information content (AvgIpc) is 2.57. The number of hydrogen-bond acceptors (Lipinski definition) is 4. The first-order valence-corrected chi connectivity index (χ1v) is 8.70. The van der Waals surface area contributed by atoms with E-state index in [4.69, 9.17) is 4.18 Å². The Morgan fingerprint density at radius 1 is 1.17 bits per heavy atom. The number of rotatable bonds is 7. The van der Waals surface area contributed by atoms with Crippen molar-refractivity contribution in [1.82, 2.24) is 0 Å². The van der Waals surface area contributed by atoms with E-state index in [9.17, 15) is 4.79 Å². The van der Waals surface area contributed by atoms with Gasteiger partial charge in [-0.3, -0.25) is 4.79 Å². The number of hydrogen-bond donors (Lipinski definition) is 0. The first-order chi connectivity index (χ1) is 11.1. The molecule has 2 aromatic rings. The number of carbonyl (C=O) groups excluding carboxylic acids is 1. The highest BCUT2D eigenvalue weighted by atomic mass is 32.2. The number of nitrogens with zero attached hydrogens (tertiary/aromatic N) is 1. The van der Waals surface area contributed by atoms with Gasteiger partial charge in [-0.1, -0.05) is 66.4 Å². The smallest absolute Gasteiger partial charge is 0.285 e. The van der Waals surface area contributed by atoms with Gasteiger partial charge in [-0.05, 0) is 24.6 Å². The number of amides is 1. The highest BCUT2D eigenvalue weighted by Crippen LogP contribution is 2.26. The maximum absolute atomic E-state index is 11.8. The summed E-state index contributed by atoms with van der Waals surface area (Å²) >= 11 is 2.53. The van der Waals surface area contributed by atoms with E-state index in [0.717, 1.165) is 16.9 Å². The van der Waals surface area contributed by atoms with Crippen LogP contribution in [0.2, 0.25) is 0 Å². The summed E-state index contributed by atoms with van der Waals surface area (Å²) in [5.74, 6) is 0.302. The van der Waals surface area contributed by atoms with E-state index in [2.05, 4.69) is 11.6 Å². The van der Waals surface area contributed by atoms with Crippen molar-refractivity contribution in [2.75, 3.05) is 0 Å². The van der Waals surface area contributed by atoms with Crippen LogP contribution in [0.1, 0.15) is 11.1 Å². The Bertz CT molecular complexity index is 682. The molecule has 0 saturated carbocycles. The minimum atomic E-state index is -0.393. The van der Waals surface area contributed by atoms with Crippen molar-refractivity contribution < 1.29 is 8.98 Å². The summed E-state index contributed by atoms with van der Waals surface area (Å²) in [6.45, 7) is 5.77. The van der Waals surface area contributed by atoms with E-state index >= 15 is 0 Å². The van der Waals surface area contributed by atoms with Crippen LogP contribution in [0.3, 0.4) is 0 Å². The van der Waals surface area contributed by atoms with Crippen molar-refractivity contribution in [2.24, 2.45) is 4.99 Å². The zero-order valence-corrected chi connectivity index (χ0v) is 14.4. The van der Waals surface area contributed by atoms with E-state index in [0.29, 0.717) is 10.7 Å². The van der Waals surface area contributed by atoms with Crippen molar-refractivity contribution in [3.63, 3.8) is 0 Å². The van der Waals surface area contributed by atoms with Gasteiger partial charge >= 0.3 is 0 Å². The third-order valence-corrected chi connectivity index (χ3v) is 4.45. The highest BCUT2D eigenvalue weighted by Gasteiger charge is 2.07. The van der Waals surface area contributed by atoms with Gasteiger partial charge < -0.3 is 4.18 Å². The average molecular weight is 343 g/mol. The fourth-order valence-corrected chi connectivity index (χ4v) is 2.84. The van der Waals surface area contributed by atoms with E-state index in [1.54, 1.807) is 0 Å². The standard InChI is InChI=1S/C18H17NO2S2/c1-14-8-10-17(11-9-14)23-15(2)18(20)19-13-21-22-12-16-6-4-3-5-7-16/h3-11,13H,2,12H2,1H3. The zero-order valence-electron chi connectivity index (χ0n) is 12.8. The molecule has 0 bridgehead atoms. The van der Waals surface area contributed by atoms with Crippen LogP contribution in [0.4, 0.5) is 0 Å². The topological polar surface area (TPSA) is 38.7 Å². The van der Waals surface area contributed by atoms with Crippen LogP contribution < -0.4 is 0 Å². The summed E-state index contributed by atoms with van der Waals surface area (Å²) in [5, 5.41) is 0. The second-order valence-electron chi connectivity index (χ2n) is 4.72. The molecule has 0 fully saturated rings. The Morgan fingerprint density at radius 2 is 1.87 bits per heavy atom. The second kappa shape index (κ2) is 9.22. The Morgan fingerprint density at radius 3 is 2.57 bits per heavy atom. The van der Waals surface area contributed by atoms with Gasteiger partial charge in [-0.25, -0.2) is 0 Å². The first-order valence-electron chi connectivity index (χ1n) is 6.97. The molecule has 0 heterocycles. The molecule has 2 aromatic carbocycles. The fourth-order valence-electron chi connectivity index (χ4n) is 1.64. The Labute approximate surface area is 145 Å². The predicted molar refractivity (Wildman–Crippen MR) is 98.5 cm³/mol. The Kier molecular flexibility index (Phi) is 6.97. The van der Waals surface area contributed by atoms with Crippen molar-refractivity contribution in [3.05, 3.63) is 77.2 Å². The molecule has 0 saturated heterocycles. The number of benzene rings is 2. The van der Waals surface area contributed by atoms with Gasteiger partial charge in [-0.2, -0.15) is 4.99 Å². The minimum Gasteiger partial charge on any atom is -0.413 e. The van der Waals surface area contributed by atoms with Gasteiger partial charge in [0.05, 0.1) is 22.7 Å². The normalized spacial score (nSPS) is 10.7. The quantitative estimate of drug-likeness (QED) is 0.177. The fraction of sp³-hybridized carbons (Fsp3) is 0.111. The lowest BCUT2D eigenvalue weighted by Gasteiger charge is -2.02. The molecule has 5 heteroatoms. The molecule has 0 radical (unpaired) electrons. The summed E-state index contributed by atoms with van der Waals surface area (Å²) in [5.41, 5.74) is 2.32. The molecule has 23 heavy (non-hydrogen) atoms. The van der Waals surface area contributed by atoms with Crippen LogP contribution in [-0.2, 0) is 14.7 Å². The second-order valence-corrected chi connectivity index (χ2v) is 6.61. The highest BCUT2D eigenvalue weighted by molar-refractivity contribution is 8.04. The van der Waals surface area contributed by atoms with Gasteiger partial charge in [-0.15, -0.1) is 0 Å². The summed E-state index contributed by atoms with van der Waals surface area (Å²) in [4.78, 5) is 16.9. The van der Waals surface area contributed by atoms with Crippen LogP contribution in [0.25, 0.3) is 0 Å². The molecule has 2 rings (SSSR count). The molecule has 0 aliphatic rings. The lowest BCUT2D eigenvalue weighted by atomic mass is 10.2. The molecule has 118 valence electrons. The van der Waals surface area contributed by atoms with Gasteiger partial charge in [0.1, 0.15) is 0 Å². The largest absolute Gasteiger partial charge is 0.413 e. The van der Waals surface area contributed by atoms with Crippen LogP contribution in [0, 0.1) is 6.92 Å². The van der Waals surface area contributed by atoms with Crippen LogP contribution in [0.5, 0.6) is 0 Å². The van der Waals surface area contributed by atoms with Crippen LogP contribution in [0.15, 0.2) is 76.0 Å². The lowest BCUT2D eigenvalue weighted by Crippen LogP contribution is -1.95. The molecular weight excluding hydrogens is 326 g/mol. The molecule has 0 spiro atoms. The number of thioether (sulfide) groups is 1. The summed E-state index contributed by atoms with van der Waals surface area (Å²) in [6, 6.07) is 17.8. The third-order valence-electron chi connectivity index (χ3n) is 2.85. The zero-order chi connectivity index (χ0) is 16.5. The number of aliphatic imine (C=N–C) groups is 1. The van der Waals surface area contributed by atoms with E-state index < -0.39 is 5.91 Å². The Hall–Kier alpha value is -1.98. The van der Waals surface area contributed by atoms with Crippen molar-refractivity contribution in [3.8, 4) is 0 Å². The molecule has 1 amide bonds. The summed E-state index contributed by atoms with van der Waals surface area (Å²) in [7, 11) is 0. The van der Waals surface area contributed by atoms with Crippen LogP contribution >= 0.6 is 23.8 Å². The van der Waals surface area contributed by atoms with Gasteiger partial charge in [0, 0.05) is 4.90 Å². The van der Waals surface area contributed by atoms with Crippen LogP contribution in [-0.4, -0.2) is 12.3 Å². The maximum atomic E-state index is 11.8. The maximum Gasteiger partial charge on any atom is 0.285 e. The molecule has 0 aliphatic carbocycles. The Balaban J connectivity index is 1.72. The number of aryl methyl sites for hydroxylation is 1. The van der Waals surface area contributed by atoms with Crippen molar-refractivity contribution in [2.45, 2.75) is 17.6 Å². The molecule has 0 atom stereocenters. The molecule has 0 N–H and O–H groups in total.